The summed E-state index contributed by atoms with van der Waals surface area (Å²) < 4.78 is 0. The highest BCUT2D eigenvalue weighted by molar-refractivity contribution is 5.75. The number of hydrogen-bond acceptors (Lipinski definition) is 1. The van der Waals surface area contributed by atoms with Crippen LogP contribution in [0, 0.1) is 17.3 Å². The number of carbonyl (C=O) groups is 1. The van der Waals surface area contributed by atoms with Crippen LogP contribution in [0.3, 0.4) is 0 Å². The highest BCUT2D eigenvalue weighted by atomic mass is 16.4. The molecule has 0 saturated carbocycles. The SMILES string of the molecule is CCCCCCCCCCCCCCCCC(C(=O)O)(C(C)C)C(C)CCCCCCCCCCCCCCC. The maximum Gasteiger partial charge on any atom is 0.310 e. The Morgan fingerprint density at radius 2 is 0.750 bits per heavy atom. The lowest BCUT2D eigenvalue weighted by molar-refractivity contribution is -0.157. The third-order valence-corrected chi connectivity index (χ3v) is 9.99. The van der Waals surface area contributed by atoms with Crippen LogP contribution < -0.4 is 0 Å². The van der Waals surface area contributed by atoms with Crippen LogP contribution in [0.2, 0.25) is 0 Å². The topological polar surface area (TPSA) is 37.3 Å². The highest BCUT2D eigenvalue weighted by Crippen LogP contribution is 2.43. The Kier molecular flexibility index (Phi) is 28.2. The minimum atomic E-state index is -0.547. The van der Waals surface area contributed by atoms with E-state index in [9.17, 15) is 9.90 Å². The average Bonchev–Trinajstić information content (AvgIpc) is 2.93. The predicted octanol–water partition coefficient (Wildman–Crippen LogP) is 13.7. The molecule has 0 saturated heterocycles. The lowest BCUT2D eigenvalue weighted by atomic mass is 9.64. The van der Waals surface area contributed by atoms with Gasteiger partial charge in [0.25, 0.3) is 0 Å². The van der Waals surface area contributed by atoms with Crippen molar-refractivity contribution in [3.05, 3.63) is 0 Å². The van der Waals surface area contributed by atoms with E-state index in [1.54, 1.807) is 0 Å². The molecule has 40 heavy (non-hydrogen) atoms. The maximum absolute atomic E-state index is 12.6. The van der Waals surface area contributed by atoms with E-state index in [4.69, 9.17) is 0 Å². The van der Waals surface area contributed by atoms with Gasteiger partial charge in [0.05, 0.1) is 5.41 Å². The second-order valence-electron chi connectivity index (χ2n) is 13.8. The first-order chi connectivity index (χ1) is 19.4. The van der Waals surface area contributed by atoms with Crippen molar-refractivity contribution in [2.45, 2.75) is 221 Å². The van der Waals surface area contributed by atoms with Gasteiger partial charge in [-0.15, -0.1) is 0 Å². The van der Waals surface area contributed by atoms with Crippen LogP contribution in [-0.4, -0.2) is 11.1 Å². The summed E-state index contributed by atoms with van der Waals surface area (Å²) in [6.45, 7) is 11.1. The Morgan fingerprint density at radius 1 is 0.475 bits per heavy atom. The smallest absolute Gasteiger partial charge is 0.310 e. The van der Waals surface area contributed by atoms with Crippen molar-refractivity contribution < 1.29 is 9.90 Å². The Morgan fingerprint density at radius 3 is 1.02 bits per heavy atom. The number of aliphatic carboxylic acids is 1. The first-order valence-electron chi connectivity index (χ1n) is 18.7. The zero-order valence-corrected chi connectivity index (χ0v) is 28.5. The summed E-state index contributed by atoms with van der Waals surface area (Å²) in [5.74, 6) is -0.0805. The monoisotopic (exact) mass is 565 g/mol. The van der Waals surface area contributed by atoms with Crippen molar-refractivity contribution in [3.63, 3.8) is 0 Å². The van der Waals surface area contributed by atoms with Gasteiger partial charge in [-0.3, -0.25) is 4.79 Å². The average molecular weight is 565 g/mol. The molecule has 0 bridgehead atoms. The van der Waals surface area contributed by atoms with Crippen molar-refractivity contribution in [1.82, 2.24) is 0 Å². The lowest BCUT2D eigenvalue weighted by Crippen LogP contribution is -2.42. The molecule has 0 spiro atoms. The van der Waals surface area contributed by atoms with Crippen LogP contribution in [0.5, 0.6) is 0 Å². The zero-order chi connectivity index (χ0) is 29.7. The van der Waals surface area contributed by atoms with E-state index in [1.807, 2.05) is 0 Å². The Hall–Kier alpha value is -0.530. The van der Waals surface area contributed by atoms with E-state index in [2.05, 4.69) is 34.6 Å². The molecule has 240 valence electrons. The van der Waals surface area contributed by atoms with Crippen molar-refractivity contribution in [2.75, 3.05) is 0 Å². The van der Waals surface area contributed by atoms with Crippen LogP contribution in [-0.2, 0) is 4.79 Å². The van der Waals surface area contributed by atoms with Gasteiger partial charge in [0.1, 0.15) is 0 Å². The molecule has 0 heterocycles. The van der Waals surface area contributed by atoms with Gasteiger partial charge in [0, 0.05) is 0 Å². The predicted molar refractivity (Wildman–Crippen MR) is 179 cm³/mol. The summed E-state index contributed by atoms with van der Waals surface area (Å²) in [6.07, 6.45) is 38.6. The van der Waals surface area contributed by atoms with Crippen molar-refractivity contribution in [3.8, 4) is 0 Å². The standard InChI is InChI=1S/C38H76O2/c1-6-8-10-12-14-16-18-20-22-24-26-28-30-32-34-38(35(3)4,37(39)40)36(5)33-31-29-27-25-23-21-19-17-15-13-11-9-7-2/h35-36H,6-34H2,1-5H3,(H,39,40). The molecule has 0 aromatic rings. The van der Waals surface area contributed by atoms with E-state index in [0.717, 1.165) is 19.3 Å². The number of unbranched alkanes of at least 4 members (excludes halogenated alkanes) is 25. The second-order valence-corrected chi connectivity index (χ2v) is 13.8. The fraction of sp³-hybridized carbons (Fsp3) is 0.974. The second kappa shape index (κ2) is 28.6. The molecule has 0 aliphatic rings. The number of carboxylic acids is 1. The first kappa shape index (κ1) is 39.5. The first-order valence-corrected chi connectivity index (χ1v) is 18.7. The van der Waals surface area contributed by atoms with Gasteiger partial charge in [-0.1, -0.05) is 208 Å². The van der Waals surface area contributed by atoms with E-state index in [1.165, 1.54) is 167 Å². The van der Waals surface area contributed by atoms with Gasteiger partial charge in [0.15, 0.2) is 0 Å². The van der Waals surface area contributed by atoms with Gasteiger partial charge in [0.2, 0.25) is 0 Å². The highest BCUT2D eigenvalue weighted by Gasteiger charge is 2.45. The van der Waals surface area contributed by atoms with Crippen LogP contribution in [0.25, 0.3) is 0 Å². The Balaban J connectivity index is 3.99. The molecular formula is C38H76O2. The van der Waals surface area contributed by atoms with E-state index < -0.39 is 11.4 Å². The number of rotatable bonds is 32. The van der Waals surface area contributed by atoms with E-state index in [0.29, 0.717) is 0 Å². The van der Waals surface area contributed by atoms with Crippen LogP contribution in [0.15, 0.2) is 0 Å². The van der Waals surface area contributed by atoms with Crippen LogP contribution in [0.4, 0.5) is 0 Å². The van der Waals surface area contributed by atoms with Crippen LogP contribution >= 0.6 is 0 Å². The molecule has 0 aromatic heterocycles. The molecule has 0 amide bonds. The van der Waals surface area contributed by atoms with E-state index >= 15 is 0 Å². The summed E-state index contributed by atoms with van der Waals surface area (Å²) >= 11 is 0. The van der Waals surface area contributed by atoms with Gasteiger partial charge < -0.3 is 5.11 Å². The van der Waals surface area contributed by atoms with Gasteiger partial charge in [-0.2, -0.15) is 0 Å². The molecule has 1 N–H and O–H groups in total. The minimum Gasteiger partial charge on any atom is -0.481 e. The molecule has 2 unspecified atom stereocenters. The molecule has 0 aliphatic carbocycles. The maximum atomic E-state index is 12.6. The normalized spacial score (nSPS) is 14.1. The summed E-state index contributed by atoms with van der Waals surface area (Å²) in [5.41, 5.74) is -0.547. The molecule has 2 heteroatoms. The van der Waals surface area contributed by atoms with Gasteiger partial charge in [-0.25, -0.2) is 0 Å². The minimum absolute atomic E-state index is 0.198. The third kappa shape index (κ3) is 20.4. The van der Waals surface area contributed by atoms with Crippen molar-refractivity contribution in [1.29, 1.82) is 0 Å². The number of hydrogen-bond donors (Lipinski definition) is 1. The third-order valence-electron chi connectivity index (χ3n) is 9.99. The fourth-order valence-electron chi connectivity index (χ4n) is 7.01. The van der Waals surface area contributed by atoms with Gasteiger partial charge >= 0.3 is 5.97 Å². The Labute approximate surface area is 253 Å². The van der Waals surface area contributed by atoms with Crippen molar-refractivity contribution >= 4 is 5.97 Å². The summed E-state index contributed by atoms with van der Waals surface area (Å²) in [4.78, 5) is 12.6. The van der Waals surface area contributed by atoms with Crippen molar-refractivity contribution in [2.24, 2.45) is 17.3 Å². The fourth-order valence-corrected chi connectivity index (χ4v) is 7.01. The molecule has 0 aromatic carbocycles. The summed E-state index contributed by atoms with van der Waals surface area (Å²) in [6, 6.07) is 0. The quantitative estimate of drug-likeness (QED) is 0.0825. The Bertz CT molecular complexity index is 528. The summed E-state index contributed by atoms with van der Waals surface area (Å²) in [7, 11) is 0. The lowest BCUT2D eigenvalue weighted by Gasteiger charge is -2.39. The van der Waals surface area contributed by atoms with Crippen LogP contribution in [0.1, 0.15) is 221 Å². The summed E-state index contributed by atoms with van der Waals surface area (Å²) in [5, 5.41) is 10.4. The number of carboxylic acid groups (broad SMARTS) is 1. The molecule has 0 rings (SSSR count). The molecule has 0 radical (unpaired) electrons. The molecule has 0 aliphatic heterocycles. The molecule has 2 nitrogen and oxygen atoms in total. The largest absolute Gasteiger partial charge is 0.481 e. The molecule has 0 fully saturated rings. The molecule has 2 atom stereocenters. The van der Waals surface area contributed by atoms with E-state index in [-0.39, 0.29) is 11.8 Å². The van der Waals surface area contributed by atoms with Gasteiger partial charge in [-0.05, 0) is 24.7 Å². The molecular weight excluding hydrogens is 488 g/mol. The zero-order valence-electron chi connectivity index (χ0n) is 28.5.